The van der Waals surface area contributed by atoms with Crippen LogP contribution >= 0.6 is 0 Å². The SMILES string of the molecule is CCCCC1=C[CH]([Zr-3]([CH3])([CH3])([CH3])([CH3])([CH]2C=CC(CCCC)=C2)[SiH]([SiH3])[SiH3])C=C1.[Cl-].[Cl-]. The summed E-state index contributed by atoms with van der Waals surface area (Å²) < 4.78 is 13.0. The molecule has 0 bridgehead atoms. The van der Waals surface area contributed by atoms with Crippen molar-refractivity contribution in [1.82, 2.24) is 0 Å². The van der Waals surface area contributed by atoms with E-state index in [9.17, 15) is 0 Å². The van der Waals surface area contributed by atoms with Gasteiger partial charge < -0.3 is 24.8 Å². The van der Waals surface area contributed by atoms with Gasteiger partial charge in [0.15, 0.2) is 0 Å². The van der Waals surface area contributed by atoms with E-state index in [0.29, 0.717) is 0 Å². The van der Waals surface area contributed by atoms with E-state index in [1.807, 2.05) is 0 Å². The summed E-state index contributed by atoms with van der Waals surface area (Å²) in [6.07, 6.45) is 23.7. The van der Waals surface area contributed by atoms with Gasteiger partial charge in [0.1, 0.15) is 0 Å². The summed E-state index contributed by atoms with van der Waals surface area (Å²) in [4.78, 5) is -0.683. The minimum Gasteiger partial charge on any atom is -1.00 e. The van der Waals surface area contributed by atoms with Crippen LogP contribution < -0.4 is 24.8 Å². The topological polar surface area (TPSA) is 0 Å². The first-order chi connectivity index (χ1) is 11.8. The molecule has 6 heteroatoms. The molecule has 2 aliphatic carbocycles. The molecule has 0 N–H and O–H groups in total. The van der Waals surface area contributed by atoms with E-state index in [1.165, 1.54) is 58.0 Å². The first kappa shape index (κ1) is 29.1. The van der Waals surface area contributed by atoms with Crippen LogP contribution in [0.2, 0.25) is 25.8 Å². The van der Waals surface area contributed by atoms with Gasteiger partial charge in [-0.3, -0.25) is 0 Å². The maximum absolute atomic E-state index is 3.95. The van der Waals surface area contributed by atoms with Crippen molar-refractivity contribution >= 4 is 24.5 Å². The maximum atomic E-state index is 2.89. The normalized spacial score (nSPS) is 26.3. The van der Waals surface area contributed by atoms with Gasteiger partial charge in [-0.05, 0) is 0 Å². The van der Waals surface area contributed by atoms with E-state index in [0.717, 1.165) is 7.25 Å². The molecule has 2 aliphatic rings. The summed E-state index contributed by atoms with van der Waals surface area (Å²) in [5.74, 6) is 0. The molecule has 0 radical (unpaired) electrons. The Morgan fingerprint density at radius 2 is 1.14 bits per heavy atom. The molecule has 2 rings (SSSR count). The number of halogens is 2. The summed E-state index contributed by atoms with van der Waals surface area (Å²) in [7, 11) is 2.94. The van der Waals surface area contributed by atoms with Gasteiger partial charge in [-0.25, -0.2) is 0 Å². The van der Waals surface area contributed by atoms with Gasteiger partial charge >= 0.3 is 165 Å². The Morgan fingerprint density at radius 1 is 0.786 bits per heavy atom. The Morgan fingerprint density at radius 3 is 1.43 bits per heavy atom. The second-order valence-corrected chi connectivity index (χ2v) is 114. The summed E-state index contributed by atoms with van der Waals surface area (Å²) in [5.41, 5.74) is 3.27. The molecule has 0 nitrogen and oxygen atoms in total. The Bertz CT molecular complexity index is 659. The predicted molar refractivity (Wildman–Crippen MR) is 131 cm³/mol. The van der Waals surface area contributed by atoms with Crippen LogP contribution in [0, 0.1) is 0 Å². The van der Waals surface area contributed by atoms with Crippen LogP contribution in [0.1, 0.15) is 52.4 Å². The first-order valence-electron chi connectivity index (χ1n) is 11.3. The van der Waals surface area contributed by atoms with Gasteiger partial charge in [-0.2, -0.15) is 0 Å². The Kier molecular flexibility index (Phi) is 8.87. The largest absolute Gasteiger partial charge is 1.00 e. The summed E-state index contributed by atoms with van der Waals surface area (Å²) in [5, 5.41) is 0. The van der Waals surface area contributed by atoms with Gasteiger partial charge in [-0.15, -0.1) is 0 Å². The third-order valence-electron chi connectivity index (χ3n) is 9.87. The van der Waals surface area contributed by atoms with E-state index in [4.69, 9.17) is 0 Å². The molecule has 2 atom stereocenters. The average molecular weight is 556 g/mol. The fourth-order valence-electron chi connectivity index (χ4n) is 5.08. The standard InChI is InChI=1S/2C9H13.4CH3.2ClH.H7Si3.Zr/c2*1-2-3-6-9-7-4-5-8-9;;;;;;;1-3-2;/h2*4-5,7-8H,2-3,6H2,1H3;4*1H3;2*1H;3H,1-2H3;/q;;;;;;;;;-3/p-2. The molecule has 0 aromatic heterocycles. The average Bonchev–Trinajstić information content (AvgIpc) is 3.21. The van der Waals surface area contributed by atoms with Gasteiger partial charge in [0.25, 0.3) is 0 Å². The number of allylic oxidation sites excluding steroid dienone is 8. The quantitative estimate of drug-likeness (QED) is 0.332. The van der Waals surface area contributed by atoms with E-state index in [1.54, 1.807) is 11.1 Å². The second kappa shape index (κ2) is 8.54. The summed E-state index contributed by atoms with van der Waals surface area (Å²) in [6.45, 7) is 4.63. The molecule has 0 heterocycles. The molecule has 0 spiro atoms. The van der Waals surface area contributed by atoms with Crippen molar-refractivity contribution in [3.05, 3.63) is 47.6 Å². The summed E-state index contributed by atoms with van der Waals surface area (Å²) in [6, 6.07) is 0. The zero-order valence-corrected chi connectivity index (χ0v) is 28.8. The second-order valence-electron chi connectivity index (χ2n) is 13.6. The fraction of sp³-hybridized carbons (Fsp3) is 0.636. The monoisotopic (exact) mass is 553 g/mol. The molecule has 2 unspecified atom stereocenters. The van der Waals surface area contributed by atoms with Crippen LogP contribution in [-0.2, 0) is 15.0 Å². The smallest absolute Gasteiger partial charge is 1.00 e. The van der Waals surface area contributed by atoms with Gasteiger partial charge in [0.05, 0.1) is 0 Å². The van der Waals surface area contributed by atoms with Crippen LogP contribution in [0.5, 0.6) is 0 Å². The molecule has 0 saturated carbocycles. The number of rotatable bonds is 9. The molecule has 0 saturated heterocycles. The third-order valence-corrected chi connectivity index (χ3v) is 189. The predicted octanol–water partition coefficient (Wildman–Crippen LogP) is -0.654. The zero-order chi connectivity index (χ0) is 19.7. The number of unbranched alkanes of at least 4 members (excludes halogenated alkanes) is 2. The van der Waals surface area contributed by atoms with E-state index >= 15 is 0 Å². The molecular formula is C22H45Cl2Si3Zr-5. The van der Waals surface area contributed by atoms with Gasteiger partial charge in [0.2, 0.25) is 0 Å². The van der Waals surface area contributed by atoms with E-state index < -0.39 is 19.9 Å². The van der Waals surface area contributed by atoms with Crippen molar-refractivity contribution in [2.75, 3.05) is 0 Å². The van der Waals surface area contributed by atoms with Crippen molar-refractivity contribution in [3.8, 4) is 0 Å². The molecule has 28 heavy (non-hydrogen) atoms. The van der Waals surface area contributed by atoms with Crippen molar-refractivity contribution in [3.63, 3.8) is 0 Å². The zero-order valence-electron chi connectivity index (χ0n) is 19.7. The maximum Gasteiger partial charge on any atom is -1.00 e. The minimum atomic E-state index is -3.95. The molecule has 0 aromatic carbocycles. The van der Waals surface area contributed by atoms with E-state index in [2.05, 4.69) is 68.8 Å². The van der Waals surface area contributed by atoms with Gasteiger partial charge in [-0.1, -0.05) is 0 Å². The number of hydrogen-bond acceptors (Lipinski definition) is 0. The molecule has 0 fully saturated rings. The minimum absolute atomic E-state index is 0. The molecule has 168 valence electrons. The van der Waals surface area contributed by atoms with Crippen molar-refractivity contribution in [2.45, 2.75) is 78.2 Å². The van der Waals surface area contributed by atoms with Crippen molar-refractivity contribution in [1.29, 1.82) is 0 Å². The fourth-order valence-corrected chi connectivity index (χ4v) is 59.5. The first-order valence-corrected chi connectivity index (χ1v) is 38.0. The van der Waals surface area contributed by atoms with Crippen molar-refractivity contribution in [2.24, 2.45) is 0 Å². The summed E-state index contributed by atoms with van der Waals surface area (Å²) >= 11 is -3.95. The Labute approximate surface area is 188 Å². The van der Waals surface area contributed by atoms with Crippen LogP contribution in [0.3, 0.4) is 0 Å². The number of hydrogen-bond donors (Lipinski definition) is 0. The van der Waals surface area contributed by atoms with Crippen LogP contribution in [0.15, 0.2) is 47.6 Å². The van der Waals surface area contributed by atoms with Crippen LogP contribution in [0.25, 0.3) is 0 Å². The molecule has 0 aromatic rings. The van der Waals surface area contributed by atoms with Crippen molar-refractivity contribution < 1.29 is 39.8 Å². The third kappa shape index (κ3) is 4.63. The Balaban J connectivity index is 0.00000364. The van der Waals surface area contributed by atoms with Gasteiger partial charge in [0, 0.05) is 0 Å². The van der Waals surface area contributed by atoms with Crippen LogP contribution in [0.4, 0.5) is 0 Å². The molecule has 0 aliphatic heterocycles. The Hall–Kier alpha value is 1.07. The van der Waals surface area contributed by atoms with E-state index in [-0.39, 0.29) is 24.8 Å². The van der Waals surface area contributed by atoms with Crippen LogP contribution in [-0.4, -0.2) is 24.5 Å². The molecule has 0 amide bonds. The molecular weight excluding hydrogens is 511 g/mol.